The number of nitrogens with zero attached hydrogens (tertiary/aromatic N) is 1. The fraction of sp³-hybridized carbons (Fsp3) is 0.138. The van der Waals surface area contributed by atoms with Crippen LogP contribution in [0.2, 0.25) is 0 Å². The molecule has 1 atom stereocenters. The van der Waals surface area contributed by atoms with Crippen LogP contribution in [0.5, 0.6) is 0 Å². The minimum absolute atomic E-state index is 0.0613. The van der Waals surface area contributed by atoms with Gasteiger partial charge in [-0.1, -0.05) is 97.1 Å². The highest BCUT2D eigenvalue weighted by atomic mass is 19.1. The normalized spacial score (nSPS) is 15.4. The molecule has 0 aromatic heterocycles. The van der Waals surface area contributed by atoms with Gasteiger partial charge in [0.1, 0.15) is 5.82 Å². The molecule has 0 unspecified atom stereocenters. The van der Waals surface area contributed by atoms with Gasteiger partial charge in [-0.15, -0.1) is 0 Å². The summed E-state index contributed by atoms with van der Waals surface area (Å²) in [6, 6.07) is 34.4. The molecule has 1 aliphatic rings. The van der Waals surface area contributed by atoms with E-state index in [2.05, 4.69) is 12.1 Å². The summed E-state index contributed by atoms with van der Waals surface area (Å²) >= 11 is 0. The Kier molecular flexibility index (Phi) is 5.55. The zero-order valence-electron chi connectivity index (χ0n) is 17.7. The minimum atomic E-state index is -0.398. The zero-order chi connectivity index (χ0) is 21.9. The fourth-order valence-corrected chi connectivity index (χ4v) is 4.74. The third-order valence-corrected chi connectivity index (χ3v) is 6.26. The number of fused-ring (bicyclic) bond motifs is 1. The van der Waals surface area contributed by atoms with Crippen LogP contribution < -0.4 is 0 Å². The van der Waals surface area contributed by atoms with Gasteiger partial charge in [0, 0.05) is 6.54 Å². The van der Waals surface area contributed by atoms with Crippen LogP contribution in [0.25, 0.3) is 0 Å². The van der Waals surface area contributed by atoms with Gasteiger partial charge in [0.05, 0.1) is 12.0 Å². The maximum Gasteiger partial charge on any atom is 0.235 e. The highest BCUT2D eigenvalue weighted by molar-refractivity contribution is 5.88. The second-order valence-electron chi connectivity index (χ2n) is 8.19. The molecule has 3 heteroatoms. The summed E-state index contributed by atoms with van der Waals surface area (Å²) < 4.78 is 13.7. The van der Waals surface area contributed by atoms with E-state index in [0.29, 0.717) is 6.54 Å². The van der Waals surface area contributed by atoms with Gasteiger partial charge in [0.15, 0.2) is 0 Å². The second-order valence-corrected chi connectivity index (χ2v) is 8.19. The number of hydrogen-bond acceptors (Lipinski definition) is 1. The summed E-state index contributed by atoms with van der Waals surface area (Å²) in [5.41, 5.74) is 5.22. The van der Waals surface area contributed by atoms with Crippen LogP contribution in [-0.2, 0) is 11.2 Å². The number of amides is 1. The third kappa shape index (κ3) is 3.82. The molecule has 0 aliphatic carbocycles. The van der Waals surface area contributed by atoms with Crippen molar-refractivity contribution < 1.29 is 9.18 Å². The molecule has 32 heavy (non-hydrogen) atoms. The molecule has 0 saturated heterocycles. The lowest BCUT2D eigenvalue weighted by Crippen LogP contribution is -2.43. The third-order valence-electron chi connectivity index (χ3n) is 6.26. The summed E-state index contributed by atoms with van der Waals surface area (Å²) in [6.07, 6.45) is 0.801. The largest absolute Gasteiger partial charge is 0.330 e. The first kappa shape index (κ1) is 20.2. The summed E-state index contributed by atoms with van der Waals surface area (Å²) in [7, 11) is 0. The highest BCUT2D eigenvalue weighted by Gasteiger charge is 2.36. The van der Waals surface area contributed by atoms with E-state index in [-0.39, 0.29) is 17.8 Å². The molecular formula is C29H24FNO. The van der Waals surface area contributed by atoms with Crippen LogP contribution in [0.1, 0.15) is 39.8 Å². The predicted octanol–water partition coefficient (Wildman–Crippen LogP) is 6.13. The molecule has 0 N–H and O–H groups in total. The smallest absolute Gasteiger partial charge is 0.235 e. The predicted molar refractivity (Wildman–Crippen MR) is 125 cm³/mol. The first-order valence-electron chi connectivity index (χ1n) is 11.0. The number of benzene rings is 4. The lowest BCUT2D eigenvalue weighted by Gasteiger charge is -2.39. The lowest BCUT2D eigenvalue weighted by atomic mass is 9.84. The molecule has 5 rings (SSSR count). The van der Waals surface area contributed by atoms with Crippen molar-refractivity contribution in [1.82, 2.24) is 4.90 Å². The molecular weight excluding hydrogens is 397 g/mol. The number of rotatable bonds is 4. The fourth-order valence-electron chi connectivity index (χ4n) is 4.74. The van der Waals surface area contributed by atoms with Gasteiger partial charge in [0.25, 0.3) is 0 Å². The summed E-state index contributed by atoms with van der Waals surface area (Å²) in [4.78, 5) is 16.2. The standard InChI is InChI=1S/C29H24FNO/c30-25-17-15-24(16-18-25)28-26-14-8-7-9-21(26)19-20-31(28)29(32)27(22-10-3-1-4-11-22)23-12-5-2-6-13-23/h1-18,27-28H,19-20H2/t28-/m0/s1. The Morgan fingerprint density at radius 2 is 1.31 bits per heavy atom. The van der Waals surface area contributed by atoms with E-state index in [9.17, 15) is 9.18 Å². The van der Waals surface area contributed by atoms with E-state index in [1.165, 1.54) is 17.7 Å². The van der Waals surface area contributed by atoms with Crippen LogP contribution in [0, 0.1) is 5.82 Å². The van der Waals surface area contributed by atoms with Crippen molar-refractivity contribution in [2.24, 2.45) is 0 Å². The molecule has 1 amide bonds. The Labute approximate surface area is 188 Å². The maximum atomic E-state index is 14.2. The number of hydrogen-bond donors (Lipinski definition) is 0. The molecule has 4 aromatic carbocycles. The van der Waals surface area contributed by atoms with Crippen molar-refractivity contribution in [3.8, 4) is 0 Å². The highest BCUT2D eigenvalue weighted by Crippen LogP contribution is 2.38. The maximum absolute atomic E-state index is 14.2. The second kappa shape index (κ2) is 8.80. The van der Waals surface area contributed by atoms with Crippen molar-refractivity contribution >= 4 is 5.91 Å². The van der Waals surface area contributed by atoms with Gasteiger partial charge in [-0.25, -0.2) is 4.39 Å². The van der Waals surface area contributed by atoms with Crippen LogP contribution in [-0.4, -0.2) is 17.4 Å². The molecule has 1 heterocycles. The molecule has 1 aliphatic heterocycles. The molecule has 2 nitrogen and oxygen atoms in total. The number of carbonyl (C=O) groups is 1. The molecule has 158 valence electrons. The van der Waals surface area contributed by atoms with E-state index in [1.54, 1.807) is 12.1 Å². The van der Waals surface area contributed by atoms with E-state index in [0.717, 1.165) is 28.7 Å². The average Bonchev–Trinajstić information content (AvgIpc) is 2.85. The minimum Gasteiger partial charge on any atom is -0.330 e. The van der Waals surface area contributed by atoms with E-state index >= 15 is 0 Å². The Morgan fingerprint density at radius 1 is 0.750 bits per heavy atom. The van der Waals surface area contributed by atoms with E-state index in [4.69, 9.17) is 0 Å². The van der Waals surface area contributed by atoms with Crippen LogP contribution in [0.15, 0.2) is 109 Å². The lowest BCUT2D eigenvalue weighted by molar-refractivity contribution is -0.134. The van der Waals surface area contributed by atoms with Crippen LogP contribution >= 0.6 is 0 Å². The Morgan fingerprint density at radius 3 is 1.94 bits per heavy atom. The van der Waals surface area contributed by atoms with E-state index in [1.807, 2.05) is 77.7 Å². The molecule has 0 fully saturated rings. The van der Waals surface area contributed by atoms with Crippen molar-refractivity contribution in [1.29, 1.82) is 0 Å². The molecule has 0 spiro atoms. The van der Waals surface area contributed by atoms with Gasteiger partial charge < -0.3 is 4.90 Å². The van der Waals surface area contributed by atoms with Crippen molar-refractivity contribution in [2.75, 3.05) is 6.54 Å². The van der Waals surface area contributed by atoms with Crippen molar-refractivity contribution in [3.05, 3.63) is 143 Å². The SMILES string of the molecule is O=C(C(c1ccccc1)c1ccccc1)N1CCc2ccccc2[C@@H]1c1ccc(F)cc1. The van der Waals surface area contributed by atoms with Gasteiger partial charge in [0.2, 0.25) is 5.91 Å². The Hall–Kier alpha value is -3.72. The topological polar surface area (TPSA) is 20.3 Å². The van der Waals surface area contributed by atoms with Crippen LogP contribution in [0.3, 0.4) is 0 Å². The molecule has 0 bridgehead atoms. The molecule has 4 aromatic rings. The number of carbonyl (C=O) groups excluding carboxylic acids is 1. The first-order chi connectivity index (χ1) is 15.7. The monoisotopic (exact) mass is 421 g/mol. The molecule has 0 saturated carbocycles. The van der Waals surface area contributed by atoms with Crippen molar-refractivity contribution in [2.45, 2.75) is 18.4 Å². The molecule has 0 radical (unpaired) electrons. The Balaban J connectivity index is 1.62. The Bertz CT molecular complexity index is 1170. The van der Waals surface area contributed by atoms with Crippen molar-refractivity contribution in [3.63, 3.8) is 0 Å². The summed E-state index contributed by atoms with van der Waals surface area (Å²) in [5, 5.41) is 0. The van der Waals surface area contributed by atoms with Gasteiger partial charge in [-0.3, -0.25) is 4.79 Å². The quantitative estimate of drug-likeness (QED) is 0.388. The van der Waals surface area contributed by atoms with Crippen LogP contribution in [0.4, 0.5) is 4.39 Å². The summed E-state index contributed by atoms with van der Waals surface area (Å²) in [6.45, 7) is 0.619. The number of halogens is 1. The van der Waals surface area contributed by atoms with Gasteiger partial charge in [-0.05, 0) is 46.4 Å². The van der Waals surface area contributed by atoms with Gasteiger partial charge >= 0.3 is 0 Å². The van der Waals surface area contributed by atoms with Gasteiger partial charge in [-0.2, -0.15) is 0 Å². The zero-order valence-corrected chi connectivity index (χ0v) is 17.7. The summed E-state index contributed by atoms with van der Waals surface area (Å²) in [5.74, 6) is -0.612. The van der Waals surface area contributed by atoms with E-state index < -0.39 is 5.92 Å². The first-order valence-corrected chi connectivity index (χ1v) is 11.0. The average molecular weight is 422 g/mol.